The molecule has 5 heteroatoms. The molecule has 3 rings (SSSR count). The van der Waals surface area contributed by atoms with Crippen molar-refractivity contribution in [1.29, 1.82) is 0 Å². The smallest absolute Gasteiger partial charge is 0.259 e. The maximum absolute atomic E-state index is 13.2. The van der Waals surface area contributed by atoms with E-state index in [2.05, 4.69) is 34.7 Å². The molecule has 2 aromatic carbocycles. The monoisotopic (exact) mass is 351 g/mol. The van der Waals surface area contributed by atoms with Gasteiger partial charge in [0.05, 0.1) is 17.8 Å². The van der Waals surface area contributed by atoms with Gasteiger partial charge in [-0.05, 0) is 57.0 Å². The van der Waals surface area contributed by atoms with Crippen molar-refractivity contribution in [2.45, 2.75) is 34.2 Å². The second kappa shape index (κ2) is 7.12. The van der Waals surface area contributed by atoms with Crippen molar-refractivity contribution >= 4 is 11.6 Å². The number of aryl methyl sites for hydroxylation is 3. The van der Waals surface area contributed by atoms with Gasteiger partial charge in [0.1, 0.15) is 5.82 Å². The van der Waals surface area contributed by atoms with Crippen LogP contribution in [0.15, 0.2) is 42.5 Å². The first-order valence-electron chi connectivity index (χ1n) is 8.52. The summed E-state index contributed by atoms with van der Waals surface area (Å²) in [6.07, 6.45) is 0. The predicted molar refractivity (Wildman–Crippen MR) is 101 cm³/mol. The number of anilines is 1. The number of rotatable bonds is 4. The van der Waals surface area contributed by atoms with Gasteiger partial charge in [-0.2, -0.15) is 5.10 Å². The van der Waals surface area contributed by atoms with Gasteiger partial charge in [0.25, 0.3) is 5.91 Å². The number of nitrogens with zero attached hydrogens (tertiary/aromatic N) is 2. The molecule has 0 spiro atoms. The summed E-state index contributed by atoms with van der Waals surface area (Å²) in [5.74, 6) is -0.552. The van der Waals surface area contributed by atoms with Crippen molar-refractivity contribution in [2.24, 2.45) is 0 Å². The van der Waals surface area contributed by atoms with E-state index >= 15 is 0 Å². The second-order valence-electron chi connectivity index (χ2n) is 6.60. The van der Waals surface area contributed by atoms with Crippen molar-refractivity contribution < 1.29 is 9.18 Å². The zero-order valence-corrected chi connectivity index (χ0v) is 15.4. The van der Waals surface area contributed by atoms with Crippen LogP contribution >= 0.6 is 0 Å². The standard InChI is InChI=1S/C21H22FN3O/c1-13-5-7-17(8-6-13)12-25-16(4)20(15(3)24-25)21(26)23-19-10-9-18(22)11-14(19)2/h5-11H,12H2,1-4H3,(H,23,26). The molecule has 0 fully saturated rings. The summed E-state index contributed by atoms with van der Waals surface area (Å²) in [6.45, 7) is 8.13. The Kier molecular flexibility index (Phi) is 4.89. The molecule has 0 saturated heterocycles. The van der Waals surface area contributed by atoms with E-state index in [1.807, 2.05) is 25.5 Å². The average molecular weight is 351 g/mol. The van der Waals surface area contributed by atoms with Crippen LogP contribution in [0, 0.1) is 33.5 Å². The Labute approximate surface area is 152 Å². The van der Waals surface area contributed by atoms with E-state index in [1.165, 1.54) is 17.7 Å². The first-order valence-corrected chi connectivity index (χ1v) is 8.52. The minimum Gasteiger partial charge on any atom is -0.322 e. The predicted octanol–water partition coefficient (Wildman–Crippen LogP) is 4.56. The Balaban J connectivity index is 1.84. The fraction of sp³-hybridized carbons (Fsp3) is 0.238. The molecule has 0 saturated carbocycles. The highest BCUT2D eigenvalue weighted by Gasteiger charge is 2.19. The zero-order valence-electron chi connectivity index (χ0n) is 15.4. The number of carbonyl (C=O) groups is 1. The van der Waals surface area contributed by atoms with Gasteiger partial charge in [-0.3, -0.25) is 9.48 Å². The highest BCUT2D eigenvalue weighted by Crippen LogP contribution is 2.20. The van der Waals surface area contributed by atoms with Crippen LogP contribution in [0.1, 0.15) is 38.4 Å². The molecule has 0 bridgehead atoms. The fourth-order valence-corrected chi connectivity index (χ4v) is 3.00. The number of hydrogen-bond acceptors (Lipinski definition) is 2. The Morgan fingerprint density at radius 3 is 2.42 bits per heavy atom. The normalized spacial score (nSPS) is 10.8. The Morgan fingerprint density at radius 1 is 1.08 bits per heavy atom. The molecule has 4 nitrogen and oxygen atoms in total. The van der Waals surface area contributed by atoms with Crippen LogP contribution in [-0.4, -0.2) is 15.7 Å². The number of benzene rings is 2. The SMILES string of the molecule is Cc1ccc(Cn2nc(C)c(C(=O)Nc3ccc(F)cc3C)c2C)cc1. The zero-order chi connectivity index (χ0) is 18.8. The Morgan fingerprint density at radius 2 is 1.77 bits per heavy atom. The van der Waals surface area contributed by atoms with Crippen molar-refractivity contribution in [1.82, 2.24) is 9.78 Å². The van der Waals surface area contributed by atoms with Gasteiger partial charge in [-0.1, -0.05) is 29.8 Å². The van der Waals surface area contributed by atoms with Crippen molar-refractivity contribution in [2.75, 3.05) is 5.32 Å². The molecule has 0 atom stereocenters. The fourth-order valence-electron chi connectivity index (χ4n) is 3.00. The van der Waals surface area contributed by atoms with Crippen LogP contribution in [0.25, 0.3) is 0 Å². The summed E-state index contributed by atoms with van der Waals surface area (Å²) in [5, 5.41) is 7.38. The van der Waals surface area contributed by atoms with Gasteiger partial charge >= 0.3 is 0 Å². The molecule has 0 radical (unpaired) electrons. The molecule has 0 aliphatic carbocycles. The average Bonchev–Trinajstić information content (AvgIpc) is 2.86. The van der Waals surface area contributed by atoms with Gasteiger partial charge in [0.2, 0.25) is 0 Å². The molecule has 0 aliphatic rings. The Hall–Kier alpha value is -2.95. The molecule has 1 amide bonds. The van der Waals surface area contributed by atoms with Crippen LogP contribution in [0.2, 0.25) is 0 Å². The molecule has 1 aromatic heterocycles. The molecule has 1 heterocycles. The first kappa shape index (κ1) is 17.9. The van der Waals surface area contributed by atoms with E-state index in [0.717, 1.165) is 11.3 Å². The van der Waals surface area contributed by atoms with Gasteiger partial charge in [0.15, 0.2) is 0 Å². The highest BCUT2D eigenvalue weighted by molar-refractivity contribution is 6.06. The molecule has 3 aromatic rings. The number of nitrogens with one attached hydrogen (secondary N) is 1. The Bertz CT molecular complexity index is 958. The van der Waals surface area contributed by atoms with Crippen LogP contribution in [0.5, 0.6) is 0 Å². The van der Waals surface area contributed by atoms with E-state index in [4.69, 9.17) is 0 Å². The number of halogens is 1. The van der Waals surface area contributed by atoms with Crippen LogP contribution in [-0.2, 0) is 6.54 Å². The summed E-state index contributed by atoms with van der Waals surface area (Å²) < 4.78 is 15.1. The summed E-state index contributed by atoms with van der Waals surface area (Å²) in [5.41, 5.74) is 5.65. The second-order valence-corrected chi connectivity index (χ2v) is 6.60. The minimum atomic E-state index is -0.321. The lowest BCUT2D eigenvalue weighted by Crippen LogP contribution is -2.15. The molecule has 134 valence electrons. The molecule has 1 N–H and O–H groups in total. The topological polar surface area (TPSA) is 46.9 Å². The van der Waals surface area contributed by atoms with E-state index in [0.29, 0.717) is 29.1 Å². The lowest BCUT2D eigenvalue weighted by Gasteiger charge is -2.09. The third kappa shape index (κ3) is 3.67. The van der Waals surface area contributed by atoms with E-state index in [9.17, 15) is 9.18 Å². The molecule has 26 heavy (non-hydrogen) atoms. The summed E-state index contributed by atoms with van der Waals surface area (Å²) >= 11 is 0. The number of hydrogen-bond donors (Lipinski definition) is 1. The van der Waals surface area contributed by atoms with Crippen LogP contribution in [0.4, 0.5) is 10.1 Å². The van der Waals surface area contributed by atoms with Crippen LogP contribution in [0.3, 0.4) is 0 Å². The van der Waals surface area contributed by atoms with Crippen molar-refractivity contribution in [3.8, 4) is 0 Å². The lowest BCUT2D eigenvalue weighted by atomic mass is 10.1. The maximum Gasteiger partial charge on any atom is 0.259 e. The third-order valence-corrected chi connectivity index (χ3v) is 4.50. The van der Waals surface area contributed by atoms with Gasteiger partial charge in [-0.15, -0.1) is 0 Å². The molecule has 0 unspecified atom stereocenters. The molecular formula is C21H22FN3O. The maximum atomic E-state index is 13.2. The van der Waals surface area contributed by atoms with E-state index in [-0.39, 0.29) is 11.7 Å². The quantitative estimate of drug-likeness (QED) is 0.749. The third-order valence-electron chi connectivity index (χ3n) is 4.50. The number of aromatic nitrogens is 2. The van der Waals surface area contributed by atoms with Crippen molar-refractivity contribution in [3.05, 3.63) is 81.9 Å². The molecule has 0 aliphatic heterocycles. The van der Waals surface area contributed by atoms with Crippen molar-refractivity contribution in [3.63, 3.8) is 0 Å². The summed E-state index contributed by atoms with van der Waals surface area (Å²) in [4.78, 5) is 12.7. The molecular weight excluding hydrogens is 329 g/mol. The first-order chi connectivity index (χ1) is 12.3. The minimum absolute atomic E-state index is 0.232. The van der Waals surface area contributed by atoms with E-state index in [1.54, 1.807) is 13.0 Å². The van der Waals surface area contributed by atoms with Gasteiger partial charge < -0.3 is 5.32 Å². The summed E-state index contributed by atoms with van der Waals surface area (Å²) in [6, 6.07) is 12.6. The largest absolute Gasteiger partial charge is 0.322 e. The summed E-state index contributed by atoms with van der Waals surface area (Å²) in [7, 11) is 0. The number of amides is 1. The van der Waals surface area contributed by atoms with E-state index < -0.39 is 0 Å². The highest BCUT2D eigenvalue weighted by atomic mass is 19.1. The van der Waals surface area contributed by atoms with Crippen LogP contribution < -0.4 is 5.32 Å². The lowest BCUT2D eigenvalue weighted by molar-refractivity contribution is 0.102. The van der Waals surface area contributed by atoms with Gasteiger partial charge in [0, 0.05) is 11.4 Å². The van der Waals surface area contributed by atoms with Gasteiger partial charge in [-0.25, -0.2) is 4.39 Å². The number of carbonyl (C=O) groups excluding carboxylic acids is 1.